The van der Waals surface area contributed by atoms with E-state index < -0.39 is 35.3 Å². The molecule has 0 saturated carbocycles. The van der Waals surface area contributed by atoms with Crippen LogP contribution in [0.1, 0.15) is 51.3 Å². The summed E-state index contributed by atoms with van der Waals surface area (Å²) in [4.78, 5) is 24.2. The average molecular weight is 290 g/mol. The summed E-state index contributed by atoms with van der Waals surface area (Å²) in [6, 6.07) is 0. The Balaban J connectivity index is 2.38. The third-order valence-corrected chi connectivity index (χ3v) is 4.04. The molecule has 0 unspecified atom stereocenters. The van der Waals surface area contributed by atoms with Crippen LogP contribution in [0.2, 0.25) is 0 Å². The number of allylic oxidation sites excluding steroid dienone is 2. The molecule has 0 fully saturated rings. The quantitative estimate of drug-likeness (QED) is 0.524. The maximum Gasteiger partial charge on any atom is 0.193 e. The smallest absolute Gasteiger partial charge is 0.193 e. The first kappa shape index (κ1) is 13.8. The number of Topliss-reactive ketones (excluding diaryl/α,β-unsaturated/α-hetero) is 1. The summed E-state index contributed by atoms with van der Waals surface area (Å²) in [6.45, 7) is 1.45. The molecule has 0 amide bonds. The summed E-state index contributed by atoms with van der Waals surface area (Å²) in [5.74, 6) is -2.06. The highest BCUT2D eigenvalue weighted by Gasteiger charge is 2.38. The first-order chi connectivity index (χ1) is 9.82. The molecule has 1 aromatic rings. The van der Waals surface area contributed by atoms with Gasteiger partial charge in [0.15, 0.2) is 11.6 Å². The molecule has 0 heterocycles. The second-order valence-electron chi connectivity index (χ2n) is 5.47. The molecule has 0 radical (unpaired) electrons. The largest absolute Gasteiger partial charge is 0.507 e. The van der Waals surface area contributed by atoms with Crippen LogP contribution < -0.4 is 0 Å². The van der Waals surface area contributed by atoms with Gasteiger partial charge >= 0.3 is 0 Å². The van der Waals surface area contributed by atoms with E-state index in [0.29, 0.717) is 0 Å². The van der Waals surface area contributed by atoms with E-state index in [4.69, 9.17) is 0 Å². The van der Waals surface area contributed by atoms with Crippen LogP contribution in [0.4, 0.5) is 0 Å². The third kappa shape index (κ3) is 1.80. The normalized spacial score (nSPS) is 24.4. The van der Waals surface area contributed by atoms with Crippen molar-refractivity contribution in [3.05, 3.63) is 33.9 Å². The van der Waals surface area contributed by atoms with Crippen LogP contribution in [0, 0.1) is 0 Å². The van der Waals surface area contributed by atoms with Crippen molar-refractivity contribution >= 4 is 11.6 Å². The summed E-state index contributed by atoms with van der Waals surface area (Å²) in [5.41, 5.74) is -0.229. The van der Waals surface area contributed by atoms with Crippen molar-refractivity contribution in [3.63, 3.8) is 0 Å². The van der Waals surface area contributed by atoms with Gasteiger partial charge < -0.3 is 20.4 Å². The summed E-state index contributed by atoms with van der Waals surface area (Å²) in [5, 5.41) is 40.3. The number of hydrogen-bond acceptors (Lipinski definition) is 6. The number of carbonyl (C=O) groups excluding carboxylic acids is 2. The number of aliphatic hydroxyl groups is 2. The van der Waals surface area contributed by atoms with Crippen LogP contribution in [0.25, 0.3) is 0 Å². The fraction of sp³-hybridized carbons (Fsp3) is 0.333. The van der Waals surface area contributed by atoms with E-state index in [0.717, 1.165) is 6.08 Å². The predicted octanol–water partition coefficient (Wildman–Crippen LogP) is 0.764. The van der Waals surface area contributed by atoms with Gasteiger partial charge in [-0.2, -0.15) is 0 Å². The van der Waals surface area contributed by atoms with Gasteiger partial charge in [-0.3, -0.25) is 9.59 Å². The van der Waals surface area contributed by atoms with Gasteiger partial charge in [-0.15, -0.1) is 0 Å². The Labute approximate surface area is 120 Å². The minimum Gasteiger partial charge on any atom is -0.507 e. The molecule has 2 atom stereocenters. The zero-order valence-corrected chi connectivity index (χ0v) is 11.3. The van der Waals surface area contributed by atoms with E-state index >= 15 is 0 Å². The molecule has 2 aliphatic carbocycles. The monoisotopic (exact) mass is 290 g/mol. The number of benzene rings is 1. The number of rotatable bonds is 0. The summed E-state index contributed by atoms with van der Waals surface area (Å²) in [6.07, 6.45) is -0.990. The Morgan fingerprint density at radius 3 is 2.43 bits per heavy atom. The first-order valence-corrected chi connectivity index (χ1v) is 6.57. The zero-order valence-electron chi connectivity index (χ0n) is 11.3. The molecule has 4 N–H and O–H groups in total. The lowest BCUT2D eigenvalue weighted by Crippen LogP contribution is -2.26. The molecule has 6 nitrogen and oxygen atoms in total. The van der Waals surface area contributed by atoms with Crippen LogP contribution >= 0.6 is 0 Å². The molecule has 110 valence electrons. The third-order valence-electron chi connectivity index (χ3n) is 4.04. The predicted molar refractivity (Wildman–Crippen MR) is 71.5 cm³/mol. The molecule has 0 aliphatic heterocycles. The van der Waals surface area contributed by atoms with Crippen molar-refractivity contribution < 1.29 is 30.0 Å². The molecule has 6 heteroatoms. The molecule has 21 heavy (non-hydrogen) atoms. The number of phenolic OH excluding ortho intramolecular Hbond substituents is 2. The number of carbonyl (C=O) groups is 2. The lowest BCUT2D eigenvalue weighted by atomic mass is 9.79. The number of aliphatic hydroxyl groups excluding tert-OH is 2. The van der Waals surface area contributed by atoms with Crippen LogP contribution in [0.15, 0.2) is 11.6 Å². The van der Waals surface area contributed by atoms with Gasteiger partial charge in [0, 0.05) is 29.5 Å². The number of hydrogen-bond donors (Lipinski definition) is 4. The van der Waals surface area contributed by atoms with Gasteiger partial charge in [0.1, 0.15) is 11.5 Å². The van der Waals surface area contributed by atoms with Gasteiger partial charge in [0.05, 0.1) is 23.3 Å². The van der Waals surface area contributed by atoms with E-state index in [1.54, 1.807) is 0 Å². The maximum atomic E-state index is 12.2. The fourth-order valence-electron chi connectivity index (χ4n) is 3.05. The Morgan fingerprint density at radius 1 is 1.10 bits per heavy atom. The second-order valence-corrected chi connectivity index (χ2v) is 5.47. The van der Waals surface area contributed by atoms with Gasteiger partial charge in [0.25, 0.3) is 0 Å². The Morgan fingerprint density at radius 2 is 1.76 bits per heavy atom. The van der Waals surface area contributed by atoms with E-state index in [1.165, 1.54) is 6.92 Å². The lowest BCUT2D eigenvalue weighted by molar-refractivity contribution is 0.0653. The lowest BCUT2D eigenvalue weighted by Gasteiger charge is -2.29. The molecule has 1 aromatic carbocycles. The summed E-state index contributed by atoms with van der Waals surface area (Å²) < 4.78 is 0. The highest BCUT2D eigenvalue weighted by atomic mass is 16.3. The number of phenols is 2. The average Bonchev–Trinajstić information content (AvgIpc) is 2.39. The molecule has 0 bridgehead atoms. The zero-order chi connectivity index (χ0) is 15.5. The fourth-order valence-corrected chi connectivity index (χ4v) is 3.05. The number of ketones is 2. The van der Waals surface area contributed by atoms with Crippen molar-refractivity contribution in [3.8, 4) is 11.5 Å². The van der Waals surface area contributed by atoms with Gasteiger partial charge in [-0.1, -0.05) is 0 Å². The van der Waals surface area contributed by atoms with E-state index in [-0.39, 0.29) is 40.7 Å². The molecule has 0 spiro atoms. The molecular weight excluding hydrogens is 276 g/mol. The van der Waals surface area contributed by atoms with Crippen LogP contribution in [-0.4, -0.2) is 38.1 Å². The molecule has 2 aliphatic rings. The highest BCUT2D eigenvalue weighted by Crippen LogP contribution is 2.47. The minimum atomic E-state index is -1.20. The highest BCUT2D eigenvalue weighted by molar-refractivity contribution is 6.26. The van der Waals surface area contributed by atoms with Crippen LogP contribution in [0.5, 0.6) is 11.5 Å². The van der Waals surface area contributed by atoms with E-state index in [2.05, 4.69) is 0 Å². The van der Waals surface area contributed by atoms with Crippen molar-refractivity contribution in [2.45, 2.75) is 32.0 Å². The van der Waals surface area contributed by atoms with Crippen LogP contribution in [-0.2, 0) is 6.42 Å². The Bertz CT molecular complexity index is 716. The number of aromatic hydroxyl groups is 2. The van der Waals surface area contributed by atoms with Gasteiger partial charge in [-0.25, -0.2) is 0 Å². The SMILES string of the molecule is CC1=CC(=O)c2c(O)c3c(c(O)c2C1=O)C[C@@H](O)C[C@@H]3O. The maximum absolute atomic E-state index is 12.2. The summed E-state index contributed by atoms with van der Waals surface area (Å²) >= 11 is 0. The topological polar surface area (TPSA) is 115 Å². The van der Waals surface area contributed by atoms with Gasteiger partial charge in [0.2, 0.25) is 0 Å². The van der Waals surface area contributed by atoms with E-state index in [9.17, 15) is 30.0 Å². The molecular formula is C15H14O6. The Hall–Kier alpha value is -2.18. The Kier molecular flexibility index (Phi) is 2.89. The van der Waals surface area contributed by atoms with Crippen LogP contribution in [0.3, 0.4) is 0 Å². The second kappa shape index (κ2) is 4.41. The minimum absolute atomic E-state index is 0.00327. The number of fused-ring (bicyclic) bond motifs is 2. The molecule has 3 rings (SSSR count). The van der Waals surface area contributed by atoms with Crippen molar-refractivity contribution in [1.29, 1.82) is 0 Å². The first-order valence-electron chi connectivity index (χ1n) is 6.57. The van der Waals surface area contributed by atoms with Crippen molar-refractivity contribution in [2.75, 3.05) is 0 Å². The summed E-state index contributed by atoms with van der Waals surface area (Å²) in [7, 11) is 0. The van der Waals surface area contributed by atoms with Crippen molar-refractivity contribution in [1.82, 2.24) is 0 Å². The van der Waals surface area contributed by atoms with E-state index in [1.807, 2.05) is 0 Å². The molecule has 0 saturated heterocycles. The van der Waals surface area contributed by atoms with Crippen molar-refractivity contribution in [2.24, 2.45) is 0 Å². The van der Waals surface area contributed by atoms with Gasteiger partial charge in [-0.05, 0) is 13.0 Å². The molecule has 0 aromatic heterocycles. The standard InChI is InChI=1S/C15H14O6/c1-5-2-8(17)11-12(13(5)19)14(20)7-3-6(16)4-9(18)10(7)15(11)21/h2,6,9,16,18,20-21H,3-4H2,1H3/t6-,9+/m1/s1.